The molecule has 0 aliphatic rings. The summed E-state index contributed by atoms with van der Waals surface area (Å²) >= 11 is 12.0. The van der Waals surface area contributed by atoms with Crippen LogP contribution in [0.1, 0.15) is 5.56 Å². The summed E-state index contributed by atoms with van der Waals surface area (Å²) in [6.07, 6.45) is 1.68. The maximum absolute atomic E-state index is 6.07. The van der Waals surface area contributed by atoms with Crippen LogP contribution in [0.15, 0.2) is 47.5 Å². The van der Waals surface area contributed by atoms with Crippen LogP contribution < -0.4 is 4.74 Å². The Morgan fingerprint density at radius 3 is 2.67 bits per heavy atom. The van der Waals surface area contributed by atoms with Gasteiger partial charge in [-0.1, -0.05) is 41.4 Å². The van der Waals surface area contributed by atoms with Crippen LogP contribution >= 0.6 is 23.2 Å². The molecule has 2 rings (SSSR count). The van der Waals surface area contributed by atoms with Gasteiger partial charge in [0, 0.05) is 17.8 Å². The van der Waals surface area contributed by atoms with Gasteiger partial charge >= 0.3 is 0 Å². The summed E-state index contributed by atoms with van der Waals surface area (Å²) in [5.74, 6) is 0.766. The summed E-state index contributed by atoms with van der Waals surface area (Å²) in [5.41, 5.74) is 1.58. The smallest absolute Gasteiger partial charge is 0.121 e. The van der Waals surface area contributed by atoms with Gasteiger partial charge in [-0.25, -0.2) is 0 Å². The number of methoxy groups -OCH3 is 1. The van der Waals surface area contributed by atoms with Gasteiger partial charge in [0.25, 0.3) is 0 Å². The molecule has 18 heavy (non-hydrogen) atoms. The van der Waals surface area contributed by atoms with E-state index in [2.05, 4.69) is 4.99 Å². The predicted octanol–water partition coefficient (Wildman–Crippen LogP) is 4.75. The Hall–Kier alpha value is -1.51. The zero-order valence-corrected chi connectivity index (χ0v) is 11.2. The van der Waals surface area contributed by atoms with Crippen LogP contribution in [-0.4, -0.2) is 13.3 Å². The molecule has 0 aromatic heterocycles. The molecule has 0 radical (unpaired) electrons. The van der Waals surface area contributed by atoms with E-state index in [1.165, 1.54) is 0 Å². The Labute approximate surface area is 116 Å². The molecule has 0 bridgehead atoms. The van der Waals surface area contributed by atoms with E-state index in [-0.39, 0.29) is 0 Å². The first kappa shape index (κ1) is 12.9. The molecule has 0 N–H and O–H groups in total. The van der Waals surface area contributed by atoms with Crippen molar-refractivity contribution in [2.24, 2.45) is 4.99 Å². The lowest BCUT2D eigenvalue weighted by Gasteiger charge is -2.01. The monoisotopic (exact) mass is 279 g/mol. The highest BCUT2D eigenvalue weighted by Gasteiger charge is 2.01. The van der Waals surface area contributed by atoms with Crippen molar-refractivity contribution in [2.45, 2.75) is 0 Å². The third-order valence-corrected chi connectivity index (χ3v) is 3.22. The first-order valence-corrected chi connectivity index (χ1v) is 6.08. The van der Waals surface area contributed by atoms with Gasteiger partial charge < -0.3 is 4.74 Å². The zero-order chi connectivity index (χ0) is 13.0. The van der Waals surface area contributed by atoms with Gasteiger partial charge in [-0.05, 0) is 18.2 Å². The first-order chi connectivity index (χ1) is 8.70. The first-order valence-electron chi connectivity index (χ1n) is 5.33. The number of hydrogen-bond acceptors (Lipinski definition) is 2. The number of halogens is 2. The second-order valence-corrected chi connectivity index (χ2v) is 4.39. The maximum Gasteiger partial charge on any atom is 0.121 e. The number of benzene rings is 2. The summed E-state index contributed by atoms with van der Waals surface area (Å²) in [7, 11) is 1.62. The fourth-order valence-corrected chi connectivity index (χ4v) is 1.81. The SMILES string of the molecule is COc1cccc(N=Cc2cccc(Cl)c2Cl)c1. The molecule has 0 spiro atoms. The van der Waals surface area contributed by atoms with E-state index >= 15 is 0 Å². The third kappa shape index (κ3) is 3.03. The average molecular weight is 280 g/mol. The van der Waals surface area contributed by atoms with Gasteiger partial charge in [0.2, 0.25) is 0 Å². The van der Waals surface area contributed by atoms with Crippen LogP contribution in [0.3, 0.4) is 0 Å². The van der Waals surface area contributed by atoms with Crippen molar-refractivity contribution in [3.63, 3.8) is 0 Å². The van der Waals surface area contributed by atoms with Crippen molar-refractivity contribution in [1.29, 1.82) is 0 Å². The van der Waals surface area contributed by atoms with Gasteiger partial charge in [0.15, 0.2) is 0 Å². The average Bonchev–Trinajstić information content (AvgIpc) is 2.41. The second kappa shape index (κ2) is 5.89. The van der Waals surface area contributed by atoms with Gasteiger partial charge in [-0.3, -0.25) is 4.99 Å². The summed E-state index contributed by atoms with van der Waals surface area (Å²) in [6.45, 7) is 0. The molecule has 0 atom stereocenters. The number of ether oxygens (including phenoxy) is 1. The largest absolute Gasteiger partial charge is 0.497 e. The van der Waals surface area contributed by atoms with E-state index in [4.69, 9.17) is 27.9 Å². The minimum Gasteiger partial charge on any atom is -0.497 e. The Morgan fingerprint density at radius 1 is 1.11 bits per heavy atom. The molecule has 0 aliphatic heterocycles. The molecule has 0 unspecified atom stereocenters. The lowest BCUT2D eigenvalue weighted by Crippen LogP contribution is -1.84. The highest BCUT2D eigenvalue weighted by atomic mass is 35.5. The maximum atomic E-state index is 6.07. The number of nitrogens with zero attached hydrogens (tertiary/aromatic N) is 1. The van der Waals surface area contributed by atoms with E-state index in [1.807, 2.05) is 36.4 Å². The Balaban J connectivity index is 2.27. The van der Waals surface area contributed by atoms with E-state index in [0.29, 0.717) is 10.0 Å². The van der Waals surface area contributed by atoms with Gasteiger partial charge in [-0.2, -0.15) is 0 Å². The molecule has 2 aromatic carbocycles. The Morgan fingerprint density at radius 2 is 1.89 bits per heavy atom. The van der Waals surface area contributed by atoms with E-state index in [0.717, 1.165) is 17.0 Å². The number of aliphatic imine (C=N–C) groups is 1. The van der Waals surface area contributed by atoms with Gasteiger partial charge in [0.05, 0.1) is 22.8 Å². The molecular weight excluding hydrogens is 269 g/mol. The lowest BCUT2D eigenvalue weighted by atomic mass is 10.2. The van der Waals surface area contributed by atoms with E-state index in [9.17, 15) is 0 Å². The van der Waals surface area contributed by atoms with Crippen molar-refractivity contribution < 1.29 is 4.74 Å². The van der Waals surface area contributed by atoms with Crippen molar-refractivity contribution in [1.82, 2.24) is 0 Å². The quantitative estimate of drug-likeness (QED) is 0.743. The fraction of sp³-hybridized carbons (Fsp3) is 0.0714. The van der Waals surface area contributed by atoms with Crippen LogP contribution in [0, 0.1) is 0 Å². The van der Waals surface area contributed by atoms with Crippen LogP contribution in [0.25, 0.3) is 0 Å². The molecular formula is C14H11Cl2NO. The molecule has 0 aliphatic carbocycles. The molecule has 0 amide bonds. The molecule has 0 heterocycles. The van der Waals surface area contributed by atoms with Crippen molar-refractivity contribution in [2.75, 3.05) is 7.11 Å². The van der Waals surface area contributed by atoms with Crippen molar-refractivity contribution in [3.05, 3.63) is 58.1 Å². The van der Waals surface area contributed by atoms with Gasteiger partial charge in [-0.15, -0.1) is 0 Å². The lowest BCUT2D eigenvalue weighted by molar-refractivity contribution is 0.415. The van der Waals surface area contributed by atoms with E-state index in [1.54, 1.807) is 19.4 Å². The second-order valence-electron chi connectivity index (χ2n) is 3.60. The Bertz CT molecular complexity index is 582. The molecule has 0 saturated carbocycles. The highest BCUT2D eigenvalue weighted by Crippen LogP contribution is 2.25. The van der Waals surface area contributed by atoms with Crippen molar-refractivity contribution >= 4 is 35.1 Å². The van der Waals surface area contributed by atoms with E-state index < -0.39 is 0 Å². The zero-order valence-electron chi connectivity index (χ0n) is 9.73. The van der Waals surface area contributed by atoms with Gasteiger partial charge in [0.1, 0.15) is 5.75 Å². The minimum absolute atomic E-state index is 0.505. The number of hydrogen-bond donors (Lipinski definition) is 0. The fourth-order valence-electron chi connectivity index (χ4n) is 1.46. The molecule has 2 aromatic rings. The van der Waals surface area contributed by atoms with Crippen molar-refractivity contribution in [3.8, 4) is 5.75 Å². The molecule has 92 valence electrons. The van der Waals surface area contributed by atoms with Crippen LogP contribution in [0.2, 0.25) is 10.0 Å². The molecule has 2 nitrogen and oxygen atoms in total. The third-order valence-electron chi connectivity index (χ3n) is 2.39. The topological polar surface area (TPSA) is 21.6 Å². The highest BCUT2D eigenvalue weighted by molar-refractivity contribution is 6.43. The van der Waals surface area contributed by atoms with Crippen LogP contribution in [-0.2, 0) is 0 Å². The van der Waals surface area contributed by atoms with Crippen LogP contribution in [0.5, 0.6) is 5.75 Å². The van der Waals surface area contributed by atoms with Crippen LogP contribution in [0.4, 0.5) is 5.69 Å². The molecule has 4 heteroatoms. The minimum atomic E-state index is 0.505. The summed E-state index contributed by atoms with van der Waals surface area (Å²) < 4.78 is 5.13. The predicted molar refractivity (Wildman–Crippen MR) is 76.7 cm³/mol. The number of rotatable bonds is 3. The molecule has 0 fully saturated rings. The standard InChI is InChI=1S/C14H11Cl2NO/c1-18-12-6-3-5-11(8-12)17-9-10-4-2-7-13(15)14(10)16/h2-9H,1H3. The summed E-state index contributed by atoms with van der Waals surface area (Å²) in [4.78, 5) is 4.34. The normalized spacial score (nSPS) is 10.8. The summed E-state index contributed by atoms with van der Waals surface area (Å²) in [6, 6.07) is 12.9. The molecule has 0 saturated heterocycles. The Kier molecular flexibility index (Phi) is 4.24. The summed E-state index contributed by atoms with van der Waals surface area (Å²) in [5, 5.41) is 1.03.